The quantitative estimate of drug-likeness (QED) is 0.580. The fraction of sp³-hybridized carbons (Fsp3) is 1.00. The first-order chi connectivity index (χ1) is 8.95. The van der Waals surface area contributed by atoms with Gasteiger partial charge in [-0.2, -0.15) is 0 Å². The zero-order valence-corrected chi connectivity index (χ0v) is 13.3. The molecule has 0 spiro atoms. The van der Waals surface area contributed by atoms with Crippen LogP contribution in [0.15, 0.2) is 0 Å². The van der Waals surface area contributed by atoms with Gasteiger partial charge in [0.25, 0.3) is 0 Å². The Morgan fingerprint density at radius 3 is 2.37 bits per heavy atom. The lowest BCUT2D eigenvalue weighted by Crippen LogP contribution is -2.58. The minimum atomic E-state index is -3.09. The molecule has 1 saturated heterocycles. The smallest absolute Gasteiger partial charge is 0.217 e. The second kappa shape index (κ2) is 8.19. The van der Waals surface area contributed by atoms with Gasteiger partial charge in [-0.3, -0.25) is 0 Å². The summed E-state index contributed by atoms with van der Waals surface area (Å²) in [4.78, 5) is 2.21. The summed E-state index contributed by atoms with van der Waals surface area (Å²) in [6.45, 7) is 8.26. The zero-order valence-electron chi connectivity index (χ0n) is 12.5. The fourth-order valence-corrected chi connectivity index (χ4v) is 3.80. The van der Waals surface area contributed by atoms with Crippen molar-refractivity contribution in [2.75, 3.05) is 39.8 Å². The molecule has 0 aliphatic carbocycles. The van der Waals surface area contributed by atoms with E-state index in [0.717, 1.165) is 32.4 Å². The van der Waals surface area contributed by atoms with E-state index in [1.165, 1.54) is 0 Å². The monoisotopic (exact) mass is 291 g/mol. The molecule has 2 N–H and O–H groups in total. The number of hydrogen-bond acceptors (Lipinski definition) is 4. The highest BCUT2D eigenvalue weighted by atomic mass is 32.2. The van der Waals surface area contributed by atoms with Crippen LogP contribution in [-0.2, 0) is 10.0 Å². The number of hydrogen-bond donors (Lipinski definition) is 2. The molecule has 0 atom stereocenters. The van der Waals surface area contributed by atoms with Crippen LogP contribution in [-0.4, -0.2) is 58.3 Å². The summed E-state index contributed by atoms with van der Waals surface area (Å²) in [5, 5.41) is 2.88. The third kappa shape index (κ3) is 6.21. The number of sulfonamides is 1. The fourth-order valence-electron chi connectivity index (χ4n) is 2.32. The molecule has 6 heteroatoms. The van der Waals surface area contributed by atoms with E-state index in [4.69, 9.17) is 0 Å². The van der Waals surface area contributed by atoms with Crippen LogP contribution < -0.4 is 10.0 Å². The van der Waals surface area contributed by atoms with Gasteiger partial charge >= 0.3 is 0 Å². The molecule has 5 nitrogen and oxygen atoms in total. The van der Waals surface area contributed by atoms with Crippen LogP contribution in [0.4, 0.5) is 0 Å². The van der Waals surface area contributed by atoms with Crippen molar-refractivity contribution < 1.29 is 8.42 Å². The number of nitrogens with zero attached hydrogens (tertiary/aromatic N) is 1. The van der Waals surface area contributed by atoms with E-state index in [-0.39, 0.29) is 5.25 Å². The van der Waals surface area contributed by atoms with Crippen molar-refractivity contribution in [3.05, 3.63) is 0 Å². The lowest BCUT2D eigenvalue weighted by molar-refractivity contribution is 0.164. The summed E-state index contributed by atoms with van der Waals surface area (Å²) < 4.78 is 26.7. The van der Waals surface area contributed by atoms with Crippen LogP contribution in [0.1, 0.15) is 33.1 Å². The summed E-state index contributed by atoms with van der Waals surface area (Å²) in [6, 6.07) is 0. The molecule has 0 amide bonds. The third-order valence-electron chi connectivity index (χ3n) is 3.39. The topological polar surface area (TPSA) is 61.4 Å². The molecule has 0 aromatic heterocycles. The Balaban J connectivity index is 2.12. The second-order valence-electron chi connectivity index (χ2n) is 5.84. The Morgan fingerprint density at radius 1 is 1.16 bits per heavy atom. The molecule has 1 rings (SSSR count). The molecule has 1 aliphatic heterocycles. The zero-order chi connectivity index (χ0) is 14.3. The Morgan fingerprint density at radius 2 is 1.79 bits per heavy atom. The lowest BCUT2D eigenvalue weighted by Gasteiger charge is -2.39. The molecule has 0 radical (unpaired) electrons. The molecule has 1 fully saturated rings. The van der Waals surface area contributed by atoms with Crippen LogP contribution in [0.3, 0.4) is 0 Å². The molecule has 19 heavy (non-hydrogen) atoms. The number of unbranched alkanes of at least 4 members (excludes halogenated alkanes) is 2. The highest BCUT2D eigenvalue weighted by Gasteiger charge is 2.36. The highest BCUT2D eigenvalue weighted by Crippen LogP contribution is 2.16. The molecular weight excluding hydrogens is 262 g/mol. The Hall–Kier alpha value is -0.170. The first-order valence-corrected chi connectivity index (χ1v) is 8.85. The molecule has 0 unspecified atom stereocenters. The second-order valence-corrected chi connectivity index (χ2v) is 7.88. The van der Waals surface area contributed by atoms with E-state index >= 15 is 0 Å². The van der Waals surface area contributed by atoms with E-state index in [1.807, 2.05) is 7.05 Å². The number of nitrogens with one attached hydrogen (secondary N) is 2. The molecule has 1 heterocycles. The van der Waals surface area contributed by atoms with E-state index in [1.54, 1.807) is 0 Å². The van der Waals surface area contributed by atoms with Gasteiger partial charge < -0.3 is 10.2 Å². The van der Waals surface area contributed by atoms with Gasteiger partial charge in [0.05, 0.1) is 0 Å². The summed E-state index contributed by atoms with van der Waals surface area (Å²) in [7, 11) is -1.16. The van der Waals surface area contributed by atoms with Crippen molar-refractivity contribution in [1.29, 1.82) is 0 Å². The van der Waals surface area contributed by atoms with Crippen LogP contribution in [0.2, 0.25) is 0 Å². The molecule has 0 aromatic carbocycles. The van der Waals surface area contributed by atoms with E-state index < -0.39 is 10.0 Å². The summed E-state index contributed by atoms with van der Waals surface area (Å²) in [5.74, 6) is 0.601. The third-order valence-corrected chi connectivity index (χ3v) is 5.17. The molecular formula is C13H29N3O2S. The predicted molar refractivity (Wildman–Crippen MR) is 79.8 cm³/mol. The van der Waals surface area contributed by atoms with Gasteiger partial charge in [0, 0.05) is 26.2 Å². The van der Waals surface area contributed by atoms with E-state index in [2.05, 4.69) is 28.8 Å². The predicted octanol–water partition coefficient (Wildman–Crippen LogP) is 0.636. The van der Waals surface area contributed by atoms with Gasteiger partial charge in [0.2, 0.25) is 10.0 Å². The summed E-state index contributed by atoms with van der Waals surface area (Å²) in [6.07, 6.45) is 3.08. The summed E-state index contributed by atoms with van der Waals surface area (Å²) in [5.41, 5.74) is 0. The van der Waals surface area contributed by atoms with Gasteiger partial charge in [-0.1, -0.05) is 20.3 Å². The first-order valence-electron chi connectivity index (χ1n) is 7.31. The Labute approximate surface area is 118 Å². The van der Waals surface area contributed by atoms with Gasteiger partial charge in [-0.15, -0.1) is 0 Å². The average molecular weight is 291 g/mol. The van der Waals surface area contributed by atoms with E-state index in [9.17, 15) is 8.42 Å². The van der Waals surface area contributed by atoms with Crippen LogP contribution in [0.25, 0.3) is 0 Å². The van der Waals surface area contributed by atoms with Gasteiger partial charge in [0.1, 0.15) is 5.25 Å². The maximum Gasteiger partial charge on any atom is 0.217 e. The van der Waals surface area contributed by atoms with Crippen LogP contribution in [0.5, 0.6) is 0 Å². The average Bonchev–Trinajstić information content (AvgIpc) is 2.27. The minimum absolute atomic E-state index is 0.205. The van der Waals surface area contributed by atoms with Crippen molar-refractivity contribution in [3.63, 3.8) is 0 Å². The van der Waals surface area contributed by atoms with E-state index in [0.29, 0.717) is 25.6 Å². The molecule has 0 aromatic rings. The van der Waals surface area contributed by atoms with Crippen molar-refractivity contribution in [3.8, 4) is 0 Å². The largest absolute Gasteiger partial charge is 0.320 e. The van der Waals surface area contributed by atoms with Crippen LogP contribution >= 0.6 is 0 Å². The molecule has 0 bridgehead atoms. The van der Waals surface area contributed by atoms with Crippen molar-refractivity contribution in [1.82, 2.24) is 14.9 Å². The first kappa shape index (κ1) is 16.9. The van der Waals surface area contributed by atoms with Crippen molar-refractivity contribution in [2.45, 2.75) is 38.4 Å². The van der Waals surface area contributed by atoms with Gasteiger partial charge in [-0.05, 0) is 32.4 Å². The number of likely N-dealkylation sites (tertiary alicyclic amines) is 1. The normalized spacial score (nSPS) is 17.9. The van der Waals surface area contributed by atoms with Gasteiger partial charge in [-0.25, -0.2) is 13.1 Å². The maximum atomic E-state index is 12.0. The standard InChI is InChI=1S/C13H29N3O2S/c1-12(2)9-16-10-13(11-16)19(17,18)15-8-6-4-5-7-14-3/h12-15H,4-11H2,1-3H3. The Bertz CT molecular complexity index is 338. The van der Waals surface area contributed by atoms with Gasteiger partial charge in [0.15, 0.2) is 0 Å². The highest BCUT2D eigenvalue weighted by molar-refractivity contribution is 7.90. The van der Waals surface area contributed by atoms with Crippen molar-refractivity contribution in [2.24, 2.45) is 5.92 Å². The van der Waals surface area contributed by atoms with Crippen molar-refractivity contribution >= 4 is 10.0 Å². The number of rotatable bonds is 10. The molecule has 114 valence electrons. The molecule has 0 saturated carbocycles. The summed E-state index contributed by atoms with van der Waals surface area (Å²) >= 11 is 0. The molecule has 1 aliphatic rings. The maximum absolute atomic E-state index is 12.0. The SMILES string of the molecule is CNCCCCCNS(=O)(=O)C1CN(CC(C)C)C1. The van der Waals surface area contributed by atoms with Crippen LogP contribution in [0, 0.1) is 5.92 Å². The minimum Gasteiger partial charge on any atom is -0.320 e. The lowest BCUT2D eigenvalue weighted by atomic mass is 10.1. The Kier molecular flexibility index (Phi) is 7.28.